The number of carbonyl (C=O) groups is 1. The smallest absolute Gasteiger partial charge is 0.346 e. The Bertz CT molecular complexity index is 672. The van der Waals surface area contributed by atoms with E-state index in [1.165, 1.54) is 25.3 Å². The van der Waals surface area contributed by atoms with E-state index in [9.17, 15) is 13.2 Å². The van der Waals surface area contributed by atoms with Crippen molar-refractivity contribution in [1.82, 2.24) is 5.16 Å². The highest BCUT2D eigenvalue weighted by Gasteiger charge is 2.22. The summed E-state index contributed by atoms with van der Waals surface area (Å²) in [6.07, 6.45) is 1.22. The van der Waals surface area contributed by atoms with Gasteiger partial charge in [-0.05, 0) is 18.6 Å². The molecule has 0 aromatic carbocycles. The Kier molecular flexibility index (Phi) is 3.09. The van der Waals surface area contributed by atoms with Gasteiger partial charge in [-0.15, -0.1) is 11.3 Å². The van der Waals surface area contributed by atoms with Crippen molar-refractivity contribution < 1.29 is 22.8 Å². The normalized spacial score (nSPS) is 11.4. The molecule has 9 heteroatoms. The highest BCUT2D eigenvalue weighted by molar-refractivity contribution is 7.94. The summed E-state index contributed by atoms with van der Waals surface area (Å²) in [7, 11) is -3.84. The number of carboxylic acid groups (broad SMARTS) is 1. The Morgan fingerprint density at radius 2 is 2.28 bits per heavy atom. The van der Waals surface area contributed by atoms with Crippen molar-refractivity contribution in [3.8, 4) is 0 Å². The summed E-state index contributed by atoms with van der Waals surface area (Å²) in [4.78, 5) is 10.8. The van der Waals surface area contributed by atoms with Gasteiger partial charge in [0, 0.05) is 6.07 Å². The Morgan fingerprint density at radius 3 is 2.78 bits per heavy atom. The van der Waals surface area contributed by atoms with E-state index in [1.54, 1.807) is 0 Å². The van der Waals surface area contributed by atoms with Crippen LogP contribution in [0.3, 0.4) is 0 Å². The van der Waals surface area contributed by atoms with Crippen molar-refractivity contribution >= 4 is 33.1 Å². The molecule has 0 saturated heterocycles. The van der Waals surface area contributed by atoms with Crippen LogP contribution in [0.2, 0.25) is 0 Å². The van der Waals surface area contributed by atoms with Crippen LogP contribution in [0.4, 0.5) is 5.82 Å². The Balaban J connectivity index is 2.36. The predicted molar refractivity (Wildman–Crippen MR) is 63.3 cm³/mol. The number of nitrogens with zero attached hydrogens (tertiary/aromatic N) is 1. The van der Waals surface area contributed by atoms with E-state index in [2.05, 4.69) is 14.4 Å². The van der Waals surface area contributed by atoms with Crippen LogP contribution in [0.5, 0.6) is 0 Å². The molecule has 0 saturated carbocycles. The molecule has 96 valence electrons. The lowest BCUT2D eigenvalue weighted by molar-refractivity contribution is 0.0701. The SMILES string of the molecule is Cc1cc(S(=O)(=O)Nc2ccon2)sc1C(=O)O. The van der Waals surface area contributed by atoms with Crippen LogP contribution < -0.4 is 4.72 Å². The van der Waals surface area contributed by atoms with E-state index in [-0.39, 0.29) is 14.9 Å². The lowest BCUT2D eigenvalue weighted by Gasteiger charge is -2.00. The second-order valence-electron chi connectivity index (χ2n) is 3.37. The number of rotatable bonds is 4. The first kappa shape index (κ1) is 12.6. The molecule has 2 heterocycles. The molecule has 0 aliphatic heterocycles. The summed E-state index contributed by atoms with van der Waals surface area (Å²) in [5, 5.41) is 12.3. The van der Waals surface area contributed by atoms with Crippen LogP contribution in [0.25, 0.3) is 0 Å². The lowest BCUT2D eigenvalue weighted by Crippen LogP contribution is -2.11. The van der Waals surface area contributed by atoms with Crippen LogP contribution >= 0.6 is 11.3 Å². The molecule has 0 atom stereocenters. The summed E-state index contributed by atoms with van der Waals surface area (Å²) in [6.45, 7) is 1.54. The number of aryl methyl sites for hydroxylation is 1. The van der Waals surface area contributed by atoms with Gasteiger partial charge in [-0.1, -0.05) is 5.16 Å². The minimum atomic E-state index is -3.84. The first-order chi connectivity index (χ1) is 8.40. The van der Waals surface area contributed by atoms with E-state index in [0.717, 1.165) is 0 Å². The van der Waals surface area contributed by atoms with Gasteiger partial charge in [0.25, 0.3) is 10.0 Å². The first-order valence-corrected chi connectivity index (χ1v) is 6.97. The zero-order valence-corrected chi connectivity index (χ0v) is 10.7. The van der Waals surface area contributed by atoms with Gasteiger partial charge in [0.2, 0.25) is 0 Å². The number of hydrogen-bond donors (Lipinski definition) is 2. The van der Waals surface area contributed by atoms with Gasteiger partial charge in [0.05, 0.1) is 0 Å². The predicted octanol–water partition coefficient (Wildman–Crippen LogP) is 1.54. The molecule has 0 aliphatic carbocycles. The maximum absolute atomic E-state index is 11.9. The zero-order chi connectivity index (χ0) is 13.3. The van der Waals surface area contributed by atoms with Crippen LogP contribution in [0, 0.1) is 6.92 Å². The number of aromatic carboxylic acids is 1. The third kappa shape index (κ3) is 2.36. The fraction of sp³-hybridized carbons (Fsp3) is 0.111. The van der Waals surface area contributed by atoms with E-state index < -0.39 is 16.0 Å². The molecule has 0 fully saturated rings. The molecule has 2 N–H and O–H groups in total. The third-order valence-corrected chi connectivity index (χ3v) is 5.08. The second kappa shape index (κ2) is 4.42. The highest BCUT2D eigenvalue weighted by Crippen LogP contribution is 2.27. The van der Waals surface area contributed by atoms with Gasteiger partial charge in [-0.25, -0.2) is 13.2 Å². The van der Waals surface area contributed by atoms with E-state index in [1.807, 2.05) is 0 Å². The number of hydrogen-bond acceptors (Lipinski definition) is 6. The summed E-state index contributed by atoms with van der Waals surface area (Å²) < 4.78 is 30.4. The fourth-order valence-corrected chi connectivity index (χ4v) is 3.62. The van der Waals surface area contributed by atoms with Gasteiger partial charge >= 0.3 is 5.97 Å². The molecule has 0 amide bonds. The van der Waals surface area contributed by atoms with E-state index in [0.29, 0.717) is 16.9 Å². The van der Waals surface area contributed by atoms with Gasteiger partial charge in [0.1, 0.15) is 15.3 Å². The van der Waals surface area contributed by atoms with Crippen molar-refractivity contribution in [1.29, 1.82) is 0 Å². The molecular formula is C9H8N2O5S2. The minimum absolute atomic E-state index is 0.00414. The summed E-state index contributed by atoms with van der Waals surface area (Å²) in [5.41, 5.74) is 0.396. The lowest BCUT2D eigenvalue weighted by atomic mass is 10.3. The van der Waals surface area contributed by atoms with Crippen LogP contribution in [-0.2, 0) is 10.0 Å². The third-order valence-electron chi connectivity index (χ3n) is 2.03. The average molecular weight is 288 g/mol. The average Bonchev–Trinajstić information content (AvgIpc) is 2.86. The standard InChI is InChI=1S/C9H8N2O5S2/c1-5-4-7(17-8(5)9(12)13)18(14,15)11-6-2-3-16-10-6/h2-4H,1H3,(H,10,11)(H,12,13). The van der Waals surface area contributed by atoms with Crippen LogP contribution in [0.1, 0.15) is 15.2 Å². The molecule has 0 unspecified atom stereocenters. The maximum atomic E-state index is 11.9. The van der Waals surface area contributed by atoms with Crippen LogP contribution in [0.15, 0.2) is 27.1 Å². The fourth-order valence-electron chi connectivity index (χ4n) is 1.25. The van der Waals surface area contributed by atoms with E-state index in [4.69, 9.17) is 5.11 Å². The van der Waals surface area contributed by atoms with Gasteiger partial charge in [-0.3, -0.25) is 4.72 Å². The van der Waals surface area contributed by atoms with Gasteiger partial charge in [0.15, 0.2) is 5.82 Å². The van der Waals surface area contributed by atoms with Crippen molar-refractivity contribution in [2.45, 2.75) is 11.1 Å². The first-order valence-electron chi connectivity index (χ1n) is 4.67. The summed E-state index contributed by atoms with van der Waals surface area (Å²) in [6, 6.07) is 2.65. The zero-order valence-electron chi connectivity index (χ0n) is 9.08. The molecule has 0 bridgehead atoms. The van der Waals surface area contributed by atoms with Gasteiger partial charge in [-0.2, -0.15) is 0 Å². The van der Waals surface area contributed by atoms with Crippen molar-refractivity contribution in [2.24, 2.45) is 0 Å². The number of carboxylic acids is 1. The molecule has 18 heavy (non-hydrogen) atoms. The Morgan fingerprint density at radius 1 is 1.56 bits per heavy atom. The second-order valence-corrected chi connectivity index (χ2v) is 6.33. The van der Waals surface area contributed by atoms with E-state index >= 15 is 0 Å². The summed E-state index contributed by atoms with van der Waals surface area (Å²) in [5.74, 6) is -1.11. The van der Waals surface area contributed by atoms with Crippen LogP contribution in [-0.4, -0.2) is 24.7 Å². The molecule has 2 aromatic heterocycles. The number of sulfonamides is 1. The quantitative estimate of drug-likeness (QED) is 0.883. The van der Waals surface area contributed by atoms with Crippen molar-refractivity contribution in [3.63, 3.8) is 0 Å². The number of thiophene rings is 1. The minimum Gasteiger partial charge on any atom is -0.477 e. The monoisotopic (exact) mass is 288 g/mol. The molecule has 0 radical (unpaired) electrons. The topological polar surface area (TPSA) is 110 Å². The molecule has 2 aromatic rings. The summed E-state index contributed by atoms with van der Waals surface area (Å²) >= 11 is 0.688. The maximum Gasteiger partial charge on any atom is 0.346 e. The number of anilines is 1. The van der Waals surface area contributed by atoms with Crippen molar-refractivity contribution in [2.75, 3.05) is 4.72 Å². The Labute approximate surface area is 106 Å². The number of aromatic nitrogens is 1. The Hall–Kier alpha value is -1.87. The van der Waals surface area contributed by atoms with Crippen molar-refractivity contribution in [3.05, 3.63) is 28.8 Å². The largest absolute Gasteiger partial charge is 0.477 e. The molecule has 0 aliphatic rings. The van der Waals surface area contributed by atoms with Gasteiger partial charge < -0.3 is 9.63 Å². The molecular weight excluding hydrogens is 280 g/mol. The molecule has 0 spiro atoms. The molecule has 7 nitrogen and oxygen atoms in total. The highest BCUT2D eigenvalue weighted by atomic mass is 32.2. The number of nitrogens with one attached hydrogen (secondary N) is 1. The molecule has 2 rings (SSSR count).